The molecule has 3 rings (SSSR count). The number of hydrogen-bond acceptors (Lipinski definition) is 2. The molecule has 2 fully saturated rings. The molecule has 20 heavy (non-hydrogen) atoms. The van der Waals surface area contributed by atoms with Crippen LogP contribution in [-0.2, 0) is 6.54 Å². The van der Waals surface area contributed by atoms with E-state index in [2.05, 4.69) is 33.2 Å². The molecule has 0 radical (unpaired) electrons. The summed E-state index contributed by atoms with van der Waals surface area (Å²) in [7, 11) is 2.27. The van der Waals surface area contributed by atoms with E-state index in [4.69, 9.17) is 0 Å². The average Bonchev–Trinajstić information content (AvgIpc) is 2.65. The van der Waals surface area contributed by atoms with Gasteiger partial charge >= 0.3 is 0 Å². The topological polar surface area (TPSA) is 15.3 Å². The molecule has 110 valence electrons. The Morgan fingerprint density at radius 3 is 2.70 bits per heavy atom. The molecule has 0 aliphatic carbocycles. The van der Waals surface area contributed by atoms with Gasteiger partial charge in [0.05, 0.1) is 0 Å². The predicted molar refractivity (Wildman–Crippen MR) is 83.1 cm³/mol. The van der Waals surface area contributed by atoms with E-state index < -0.39 is 0 Å². The lowest BCUT2D eigenvalue weighted by Crippen LogP contribution is -2.42. The first kappa shape index (κ1) is 14.5. The SMILES string of the molecule is CN1C2CCC1CC(CNCc1cc(F)ccc1Br)C2. The molecule has 0 saturated carbocycles. The summed E-state index contributed by atoms with van der Waals surface area (Å²) in [6.45, 7) is 1.78. The molecule has 2 atom stereocenters. The van der Waals surface area contributed by atoms with Crippen LogP contribution in [0.2, 0.25) is 0 Å². The summed E-state index contributed by atoms with van der Waals surface area (Å²) in [4.78, 5) is 2.57. The monoisotopic (exact) mass is 340 g/mol. The van der Waals surface area contributed by atoms with Gasteiger partial charge in [-0.25, -0.2) is 4.39 Å². The van der Waals surface area contributed by atoms with E-state index >= 15 is 0 Å². The Morgan fingerprint density at radius 2 is 2.00 bits per heavy atom. The van der Waals surface area contributed by atoms with Crippen LogP contribution in [0.5, 0.6) is 0 Å². The Balaban J connectivity index is 1.50. The first-order valence-corrected chi connectivity index (χ1v) is 8.29. The lowest BCUT2D eigenvalue weighted by molar-refractivity contribution is 0.133. The summed E-state index contributed by atoms with van der Waals surface area (Å²) in [6.07, 6.45) is 5.36. The minimum Gasteiger partial charge on any atom is -0.312 e. The summed E-state index contributed by atoms with van der Waals surface area (Å²) < 4.78 is 14.2. The molecule has 0 amide bonds. The van der Waals surface area contributed by atoms with Crippen LogP contribution in [0.4, 0.5) is 4.39 Å². The summed E-state index contributed by atoms with van der Waals surface area (Å²) in [6, 6.07) is 6.46. The van der Waals surface area contributed by atoms with Crippen molar-refractivity contribution in [3.63, 3.8) is 0 Å². The van der Waals surface area contributed by atoms with Gasteiger partial charge in [-0.1, -0.05) is 15.9 Å². The van der Waals surface area contributed by atoms with Crippen molar-refractivity contribution < 1.29 is 4.39 Å². The molecule has 1 aromatic carbocycles. The van der Waals surface area contributed by atoms with Crippen LogP contribution in [0.1, 0.15) is 31.2 Å². The maximum atomic E-state index is 13.2. The smallest absolute Gasteiger partial charge is 0.123 e. The van der Waals surface area contributed by atoms with Crippen LogP contribution in [0.15, 0.2) is 22.7 Å². The summed E-state index contributed by atoms with van der Waals surface area (Å²) in [5, 5.41) is 3.51. The second kappa shape index (κ2) is 6.12. The second-order valence-electron chi connectivity index (χ2n) is 6.25. The van der Waals surface area contributed by atoms with Crippen molar-refractivity contribution in [1.29, 1.82) is 0 Å². The molecule has 1 N–H and O–H groups in total. The van der Waals surface area contributed by atoms with Crippen LogP contribution < -0.4 is 5.32 Å². The van der Waals surface area contributed by atoms with Crippen LogP contribution in [0.3, 0.4) is 0 Å². The fraction of sp³-hybridized carbons (Fsp3) is 0.625. The molecule has 2 aliphatic heterocycles. The maximum absolute atomic E-state index is 13.2. The molecule has 2 nitrogen and oxygen atoms in total. The molecule has 2 unspecified atom stereocenters. The minimum absolute atomic E-state index is 0.165. The summed E-state index contributed by atoms with van der Waals surface area (Å²) in [5.41, 5.74) is 1.00. The summed E-state index contributed by atoms with van der Waals surface area (Å²) >= 11 is 3.48. The third-order valence-electron chi connectivity index (χ3n) is 4.95. The number of nitrogens with one attached hydrogen (secondary N) is 1. The predicted octanol–water partition coefficient (Wildman–Crippen LogP) is 3.55. The van der Waals surface area contributed by atoms with Crippen molar-refractivity contribution in [3.05, 3.63) is 34.1 Å². The Hall–Kier alpha value is -0.450. The number of rotatable bonds is 4. The molecule has 2 bridgehead atoms. The highest BCUT2D eigenvalue weighted by molar-refractivity contribution is 9.10. The highest BCUT2D eigenvalue weighted by Gasteiger charge is 2.37. The summed E-state index contributed by atoms with van der Waals surface area (Å²) in [5.74, 6) is 0.610. The molecule has 0 aromatic heterocycles. The average molecular weight is 341 g/mol. The quantitative estimate of drug-likeness (QED) is 0.901. The largest absolute Gasteiger partial charge is 0.312 e. The van der Waals surface area contributed by atoms with Crippen LogP contribution in [0.25, 0.3) is 0 Å². The highest BCUT2D eigenvalue weighted by atomic mass is 79.9. The van der Waals surface area contributed by atoms with Gasteiger partial charge in [-0.05, 0) is 69.0 Å². The van der Waals surface area contributed by atoms with E-state index in [0.29, 0.717) is 0 Å². The fourth-order valence-corrected chi connectivity index (χ4v) is 4.17. The molecular formula is C16H22BrFN2. The van der Waals surface area contributed by atoms with Crippen molar-refractivity contribution in [3.8, 4) is 0 Å². The molecular weight excluding hydrogens is 319 g/mol. The Labute approximate surface area is 128 Å². The molecule has 2 saturated heterocycles. The van der Waals surface area contributed by atoms with Crippen LogP contribution >= 0.6 is 15.9 Å². The van der Waals surface area contributed by atoms with Gasteiger partial charge in [0.1, 0.15) is 5.82 Å². The van der Waals surface area contributed by atoms with E-state index in [0.717, 1.165) is 41.1 Å². The maximum Gasteiger partial charge on any atom is 0.123 e. The van der Waals surface area contributed by atoms with Crippen molar-refractivity contribution >= 4 is 15.9 Å². The van der Waals surface area contributed by atoms with Gasteiger partial charge in [-0.3, -0.25) is 0 Å². The van der Waals surface area contributed by atoms with Crippen LogP contribution in [0, 0.1) is 11.7 Å². The zero-order valence-corrected chi connectivity index (χ0v) is 13.5. The Morgan fingerprint density at radius 1 is 1.30 bits per heavy atom. The molecule has 0 spiro atoms. The zero-order valence-electron chi connectivity index (χ0n) is 11.9. The fourth-order valence-electron chi connectivity index (χ4n) is 3.78. The van der Waals surface area contributed by atoms with Gasteiger partial charge < -0.3 is 10.2 Å². The van der Waals surface area contributed by atoms with Crippen LogP contribution in [-0.4, -0.2) is 30.6 Å². The van der Waals surface area contributed by atoms with E-state index in [1.807, 2.05) is 0 Å². The second-order valence-corrected chi connectivity index (χ2v) is 7.11. The standard InChI is InChI=1S/C16H22BrFN2/c1-20-14-3-4-15(20)7-11(6-14)9-19-10-12-8-13(18)2-5-16(12)17/h2,5,8,11,14-15,19H,3-4,6-7,9-10H2,1H3. The van der Waals surface area contributed by atoms with Gasteiger partial charge in [0.2, 0.25) is 0 Å². The number of halogens is 2. The van der Waals surface area contributed by atoms with Crippen molar-refractivity contribution in [2.75, 3.05) is 13.6 Å². The first-order chi connectivity index (χ1) is 9.63. The van der Waals surface area contributed by atoms with Gasteiger partial charge in [-0.15, -0.1) is 0 Å². The molecule has 1 aromatic rings. The molecule has 4 heteroatoms. The normalized spacial score (nSPS) is 29.9. The van der Waals surface area contributed by atoms with E-state index in [9.17, 15) is 4.39 Å². The van der Waals surface area contributed by atoms with Crippen molar-refractivity contribution in [2.45, 2.75) is 44.3 Å². The lowest BCUT2D eigenvalue weighted by atomic mass is 9.91. The number of fused-ring (bicyclic) bond motifs is 2. The van der Waals surface area contributed by atoms with E-state index in [1.54, 1.807) is 12.1 Å². The van der Waals surface area contributed by atoms with Gasteiger partial charge in [0, 0.05) is 23.1 Å². The Kier molecular flexibility index (Phi) is 4.43. The van der Waals surface area contributed by atoms with Crippen molar-refractivity contribution in [1.82, 2.24) is 10.2 Å². The Bertz CT molecular complexity index is 466. The zero-order chi connectivity index (χ0) is 14.1. The number of nitrogens with zero attached hydrogens (tertiary/aromatic N) is 1. The molecule has 2 heterocycles. The number of benzene rings is 1. The third-order valence-corrected chi connectivity index (χ3v) is 5.73. The third kappa shape index (κ3) is 3.07. The lowest BCUT2D eigenvalue weighted by Gasteiger charge is -2.36. The molecule has 2 aliphatic rings. The highest BCUT2D eigenvalue weighted by Crippen LogP contribution is 2.37. The van der Waals surface area contributed by atoms with Crippen molar-refractivity contribution in [2.24, 2.45) is 5.92 Å². The van der Waals surface area contributed by atoms with E-state index in [1.165, 1.54) is 31.7 Å². The van der Waals surface area contributed by atoms with Gasteiger partial charge in [-0.2, -0.15) is 0 Å². The number of piperidine rings is 1. The first-order valence-electron chi connectivity index (χ1n) is 7.50. The number of hydrogen-bond donors (Lipinski definition) is 1. The van der Waals surface area contributed by atoms with Gasteiger partial charge in [0.25, 0.3) is 0 Å². The van der Waals surface area contributed by atoms with E-state index in [-0.39, 0.29) is 5.82 Å². The minimum atomic E-state index is -0.165. The van der Waals surface area contributed by atoms with Gasteiger partial charge in [0.15, 0.2) is 0 Å².